The molecule has 8 aliphatic rings. The van der Waals surface area contributed by atoms with Crippen molar-refractivity contribution in [3.63, 3.8) is 0 Å². The van der Waals surface area contributed by atoms with Crippen LogP contribution in [0.1, 0.15) is 99.3 Å². The third-order valence-corrected chi connectivity index (χ3v) is 17.9. The monoisotopic (exact) mass is 961 g/mol. The zero-order valence-corrected chi connectivity index (χ0v) is 40.6. The van der Waals surface area contributed by atoms with E-state index in [9.17, 15) is 40.9 Å². The molecule has 8 rings (SSSR count). The van der Waals surface area contributed by atoms with Crippen molar-refractivity contribution in [1.82, 2.24) is 0 Å². The van der Waals surface area contributed by atoms with E-state index in [1.54, 1.807) is 28.1 Å². The number of methoxy groups -OCH3 is 3. The van der Waals surface area contributed by atoms with E-state index >= 15 is 0 Å². The van der Waals surface area contributed by atoms with Gasteiger partial charge in [0, 0.05) is 39.6 Å². The molecular formula is C48H80O19. The van der Waals surface area contributed by atoms with Crippen LogP contribution in [0.5, 0.6) is 0 Å². The van der Waals surface area contributed by atoms with Crippen LogP contribution in [-0.2, 0) is 52.1 Å². The number of aliphatic hydroxyl groups is 8. The topological polar surface area (TPSA) is 263 Å². The SMILES string of the molecule is COC1CC(OC2CCC3(C)C(=CCC4C3CC(O)C3(C)C(C(C)O)CCC43O)C2)OC(C)C1OC1CC(OC)C(OC2OC(C)C(OC3OC(CO)C(O)C(O)C3O)C(OC)C2O)C(C)O1. The van der Waals surface area contributed by atoms with E-state index in [0.717, 1.165) is 25.7 Å². The Morgan fingerprint density at radius 3 is 1.88 bits per heavy atom. The van der Waals surface area contributed by atoms with Gasteiger partial charge in [-0.15, -0.1) is 0 Å². The lowest BCUT2D eigenvalue weighted by Gasteiger charge is -2.63. The normalized spacial score (nSPS) is 54.1. The molecule has 0 aromatic heterocycles. The van der Waals surface area contributed by atoms with Crippen molar-refractivity contribution in [3.8, 4) is 0 Å². The molecule has 0 radical (unpaired) electrons. The number of allylic oxidation sites excluding steroid dienone is 1. The van der Waals surface area contributed by atoms with Gasteiger partial charge in [-0.25, -0.2) is 0 Å². The van der Waals surface area contributed by atoms with E-state index < -0.39 is 134 Å². The van der Waals surface area contributed by atoms with Crippen molar-refractivity contribution in [2.75, 3.05) is 27.9 Å². The summed E-state index contributed by atoms with van der Waals surface area (Å²) in [6.07, 6.45) is -10.7. The molecule has 0 aromatic carbocycles. The third-order valence-electron chi connectivity index (χ3n) is 17.9. The Morgan fingerprint density at radius 1 is 0.672 bits per heavy atom. The number of fused-ring (bicyclic) bond motifs is 5. The molecule has 0 aromatic rings. The molecule has 19 nitrogen and oxygen atoms in total. The predicted octanol–water partition coefficient (Wildman–Crippen LogP) is 0.793. The molecule has 4 aliphatic carbocycles. The number of rotatable bonds is 13. The maximum absolute atomic E-state index is 12.4. The number of hydrogen-bond acceptors (Lipinski definition) is 19. The van der Waals surface area contributed by atoms with Crippen molar-refractivity contribution < 1.29 is 93.0 Å². The average molecular weight is 961 g/mol. The highest BCUT2D eigenvalue weighted by Gasteiger charge is 2.70. The molecule has 67 heavy (non-hydrogen) atoms. The summed E-state index contributed by atoms with van der Waals surface area (Å²) >= 11 is 0. The van der Waals surface area contributed by atoms with Crippen LogP contribution in [0.3, 0.4) is 0 Å². The average Bonchev–Trinajstić information content (AvgIpc) is 3.59. The Balaban J connectivity index is 0.847. The minimum atomic E-state index is -1.66. The van der Waals surface area contributed by atoms with Crippen LogP contribution in [-0.4, -0.2) is 203 Å². The first-order valence-electron chi connectivity index (χ1n) is 24.7. The van der Waals surface area contributed by atoms with Crippen molar-refractivity contribution >= 4 is 0 Å². The molecule has 7 fully saturated rings. The van der Waals surface area contributed by atoms with Crippen molar-refractivity contribution in [2.45, 2.75) is 234 Å². The van der Waals surface area contributed by atoms with Gasteiger partial charge < -0.3 is 93.0 Å². The fourth-order valence-electron chi connectivity index (χ4n) is 14.0. The van der Waals surface area contributed by atoms with Crippen LogP contribution in [0.25, 0.3) is 0 Å². The summed E-state index contributed by atoms with van der Waals surface area (Å²) in [4.78, 5) is 0. The summed E-state index contributed by atoms with van der Waals surface area (Å²) in [6, 6.07) is 0. The lowest BCUT2D eigenvalue weighted by atomic mass is 9.45. The summed E-state index contributed by atoms with van der Waals surface area (Å²) in [5.74, 6) is 0.00111. The van der Waals surface area contributed by atoms with Crippen LogP contribution in [0, 0.1) is 28.6 Å². The summed E-state index contributed by atoms with van der Waals surface area (Å²) in [5, 5.41) is 87.0. The first kappa shape index (κ1) is 52.3. The summed E-state index contributed by atoms with van der Waals surface area (Å²) in [5.41, 5.74) is -0.639. The Labute approximate surface area is 394 Å². The Morgan fingerprint density at radius 2 is 1.27 bits per heavy atom. The van der Waals surface area contributed by atoms with E-state index in [2.05, 4.69) is 13.0 Å². The van der Waals surface area contributed by atoms with Gasteiger partial charge in [-0.3, -0.25) is 0 Å². The highest BCUT2D eigenvalue weighted by molar-refractivity contribution is 5.29. The second kappa shape index (κ2) is 20.5. The van der Waals surface area contributed by atoms with Crippen LogP contribution in [0.15, 0.2) is 11.6 Å². The van der Waals surface area contributed by atoms with Crippen LogP contribution < -0.4 is 0 Å². The highest BCUT2D eigenvalue weighted by atomic mass is 16.8. The van der Waals surface area contributed by atoms with Gasteiger partial charge >= 0.3 is 0 Å². The number of aliphatic hydroxyl groups excluding tert-OH is 7. The first-order valence-corrected chi connectivity index (χ1v) is 24.7. The van der Waals surface area contributed by atoms with E-state index in [-0.39, 0.29) is 41.8 Å². The Hall–Kier alpha value is -1.02. The second-order valence-corrected chi connectivity index (χ2v) is 21.4. The van der Waals surface area contributed by atoms with Crippen LogP contribution in [0.4, 0.5) is 0 Å². The van der Waals surface area contributed by atoms with Crippen molar-refractivity contribution in [3.05, 3.63) is 11.6 Å². The molecule has 3 saturated carbocycles. The van der Waals surface area contributed by atoms with Gasteiger partial charge in [0.1, 0.15) is 54.9 Å². The molecule has 0 amide bonds. The van der Waals surface area contributed by atoms with E-state index in [1.165, 1.54) is 12.7 Å². The molecule has 19 heteroatoms. The summed E-state index contributed by atoms with van der Waals surface area (Å²) in [7, 11) is 4.58. The quantitative estimate of drug-likeness (QED) is 0.119. The lowest BCUT2D eigenvalue weighted by Crippen LogP contribution is -2.66. The predicted molar refractivity (Wildman–Crippen MR) is 234 cm³/mol. The molecule has 0 bridgehead atoms. The smallest absolute Gasteiger partial charge is 0.187 e. The minimum Gasteiger partial charge on any atom is -0.394 e. The molecule has 27 atom stereocenters. The summed E-state index contributed by atoms with van der Waals surface area (Å²) < 4.78 is 67.8. The van der Waals surface area contributed by atoms with E-state index in [4.69, 9.17) is 52.1 Å². The molecule has 4 saturated heterocycles. The van der Waals surface area contributed by atoms with Crippen LogP contribution >= 0.6 is 0 Å². The molecule has 4 heterocycles. The minimum absolute atomic E-state index is 0.0182. The third kappa shape index (κ3) is 9.24. The lowest BCUT2D eigenvalue weighted by molar-refractivity contribution is -0.373. The molecule has 27 unspecified atom stereocenters. The van der Waals surface area contributed by atoms with Gasteiger partial charge in [0.05, 0.1) is 61.0 Å². The molecular weight excluding hydrogens is 881 g/mol. The van der Waals surface area contributed by atoms with Crippen molar-refractivity contribution in [1.29, 1.82) is 0 Å². The van der Waals surface area contributed by atoms with Crippen molar-refractivity contribution in [2.24, 2.45) is 28.6 Å². The summed E-state index contributed by atoms with van der Waals surface area (Å²) in [6.45, 7) is 10.9. The van der Waals surface area contributed by atoms with Gasteiger partial charge in [0.15, 0.2) is 25.2 Å². The zero-order chi connectivity index (χ0) is 48.5. The van der Waals surface area contributed by atoms with E-state index in [1.807, 2.05) is 20.8 Å². The second-order valence-electron chi connectivity index (χ2n) is 21.4. The van der Waals surface area contributed by atoms with Gasteiger partial charge in [-0.2, -0.15) is 0 Å². The van der Waals surface area contributed by atoms with E-state index in [0.29, 0.717) is 25.7 Å². The molecule has 4 aliphatic heterocycles. The first-order chi connectivity index (χ1) is 31.7. The maximum atomic E-state index is 12.4. The zero-order valence-electron chi connectivity index (χ0n) is 40.6. The van der Waals surface area contributed by atoms with Gasteiger partial charge in [-0.05, 0) is 95.8 Å². The molecule has 386 valence electrons. The van der Waals surface area contributed by atoms with Crippen LogP contribution in [0.2, 0.25) is 0 Å². The van der Waals surface area contributed by atoms with Gasteiger partial charge in [0.25, 0.3) is 0 Å². The van der Waals surface area contributed by atoms with Gasteiger partial charge in [-0.1, -0.05) is 25.5 Å². The fourth-order valence-corrected chi connectivity index (χ4v) is 14.0. The Bertz CT molecular complexity index is 1690. The fraction of sp³-hybridized carbons (Fsp3) is 0.958. The maximum Gasteiger partial charge on any atom is 0.187 e. The Kier molecular flexibility index (Phi) is 16.0. The highest BCUT2D eigenvalue weighted by Crippen LogP contribution is 2.68. The number of ether oxygens (including phenoxy) is 11. The molecule has 0 spiro atoms. The standard InChI is InChI=1S/C48H80O19/c1-21(50)27-13-15-48(56)28-11-10-25-16-26(12-14-46(25,5)29(28)17-33(51)47(27,48)6)63-34-18-30(57-7)40(22(2)60-34)65-35-19-31(58-8)41(23(3)61-35)66-45-39(55)43(59-9)42(24(4)62-45)67-44-38(54)37(53)36(52)32(20-49)64-44/h10,21-24,26-45,49-56H,11-20H2,1-9H3. The largest absolute Gasteiger partial charge is 0.394 e. The van der Waals surface area contributed by atoms with Gasteiger partial charge in [0.2, 0.25) is 0 Å². The number of hydrogen-bond donors (Lipinski definition) is 8. The molecule has 8 N–H and O–H groups in total.